The lowest BCUT2D eigenvalue weighted by molar-refractivity contribution is -0.155. The third kappa shape index (κ3) is 10.9. The van der Waals surface area contributed by atoms with E-state index in [1.54, 1.807) is 0 Å². The summed E-state index contributed by atoms with van der Waals surface area (Å²) < 4.78 is 5.81. The molecule has 0 aromatic heterocycles. The average molecular weight is 582 g/mol. The van der Waals surface area contributed by atoms with Crippen LogP contribution in [0.1, 0.15) is 83.8 Å². The number of hydrogen-bond donors (Lipinski definition) is 4. The number of carbonyl (C=O) groups is 4. The maximum atomic E-state index is 13.6. The molecule has 5 atom stereocenters. The van der Waals surface area contributed by atoms with Gasteiger partial charge in [-0.2, -0.15) is 0 Å². The van der Waals surface area contributed by atoms with Crippen molar-refractivity contribution in [3.05, 3.63) is 71.8 Å². The van der Waals surface area contributed by atoms with E-state index in [2.05, 4.69) is 17.6 Å². The van der Waals surface area contributed by atoms with Crippen LogP contribution in [-0.4, -0.2) is 53.1 Å². The predicted molar refractivity (Wildman–Crippen MR) is 163 cm³/mol. The number of nitrogens with one attached hydrogen (secondary N) is 2. The Balaban J connectivity index is 2.42. The normalized spacial score (nSPS) is 14.9. The number of benzene rings is 2. The Kier molecular flexibility index (Phi) is 14.2. The molecule has 5 N–H and O–H groups in total. The summed E-state index contributed by atoms with van der Waals surface area (Å²) in [6.45, 7) is 9.30. The van der Waals surface area contributed by atoms with Gasteiger partial charge in [0.1, 0.15) is 24.2 Å². The van der Waals surface area contributed by atoms with E-state index in [0.29, 0.717) is 6.42 Å². The van der Waals surface area contributed by atoms with Crippen molar-refractivity contribution in [3.63, 3.8) is 0 Å². The Morgan fingerprint density at radius 2 is 1.43 bits per heavy atom. The number of rotatable bonds is 17. The van der Waals surface area contributed by atoms with Crippen molar-refractivity contribution in [1.29, 1.82) is 0 Å². The van der Waals surface area contributed by atoms with Crippen molar-refractivity contribution in [3.8, 4) is 0 Å². The SMILES string of the molecule is CCCC[C@H](C)[C@H](CC(=O)N[C@H](C(=O)N[C@H](C)C(=O)O)C(c1ccccc1)c1ccccc1)OC(=O)[C@H](N)CC(C)C. The minimum Gasteiger partial charge on any atom is -0.480 e. The Labute approximate surface area is 249 Å². The number of aliphatic carboxylic acids is 1. The molecule has 230 valence electrons. The maximum Gasteiger partial charge on any atom is 0.325 e. The number of unbranched alkanes of at least 4 members (excludes halogenated alkanes) is 1. The third-order valence-corrected chi connectivity index (χ3v) is 7.31. The van der Waals surface area contributed by atoms with Gasteiger partial charge in [-0.05, 0) is 42.7 Å². The van der Waals surface area contributed by atoms with E-state index in [-0.39, 0.29) is 18.3 Å². The van der Waals surface area contributed by atoms with Gasteiger partial charge in [-0.15, -0.1) is 0 Å². The van der Waals surface area contributed by atoms with Crippen LogP contribution < -0.4 is 16.4 Å². The molecule has 2 aromatic carbocycles. The van der Waals surface area contributed by atoms with Gasteiger partial charge in [0.15, 0.2) is 0 Å². The molecule has 0 fully saturated rings. The third-order valence-electron chi connectivity index (χ3n) is 7.31. The highest BCUT2D eigenvalue weighted by Crippen LogP contribution is 2.29. The number of amides is 2. The van der Waals surface area contributed by atoms with Crippen LogP contribution in [0, 0.1) is 11.8 Å². The molecule has 0 aliphatic heterocycles. The summed E-state index contributed by atoms with van der Waals surface area (Å²) in [6.07, 6.45) is 2.15. The van der Waals surface area contributed by atoms with E-state index in [4.69, 9.17) is 10.5 Å². The highest BCUT2D eigenvalue weighted by molar-refractivity contribution is 5.91. The fraction of sp³-hybridized carbons (Fsp3) is 0.515. The van der Waals surface area contributed by atoms with Gasteiger partial charge in [-0.1, -0.05) is 101 Å². The summed E-state index contributed by atoms with van der Waals surface area (Å²) >= 11 is 0. The van der Waals surface area contributed by atoms with Crippen molar-refractivity contribution >= 4 is 23.8 Å². The average Bonchev–Trinajstić information content (AvgIpc) is 2.95. The Morgan fingerprint density at radius 3 is 1.90 bits per heavy atom. The summed E-state index contributed by atoms with van der Waals surface area (Å²) in [5, 5.41) is 14.8. The number of carboxylic acid groups (broad SMARTS) is 1. The molecule has 0 aliphatic rings. The number of nitrogens with two attached hydrogens (primary N) is 1. The summed E-state index contributed by atoms with van der Waals surface area (Å²) in [6, 6.07) is 15.4. The second kappa shape index (κ2) is 17.3. The van der Waals surface area contributed by atoms with Crippen LogP contribution in [0.4, 0.5) is 0 Å². The van der Waals surface area contributed by atoms with Crippen molar-refractivity contribution < 1.29 is 29.0 Å². The quantitative estimate of drug-likeness (QED) is 0.203. The van der Waals surface area contributed by atoms with E-state index >= 15 is 0 Å². The second-order valence-corrected chi connectivity index (χ2v) is 11.4. The van der Waals surface area contributed by atoms with Crippen LogP contribution in [0.3, 0.4) is 0 Å². The van der Waals surface area contributed by atoms with Gasteiger partial charge in [0.2, 0.25) is 11.8 Å². The van der Waals surface area contributed by atoms with Gasteiger partial charge >= 0.3 is 11.9 Å². The highest BCUT2D eigenvalue weighted by Gasteiger charge is 2.35. The number of carboxylic acids is 1. The van der Waals surface area contributed by atoms with Crippen molar-refractivity contribution in [2.24, 2.45) is 17.6 Å². The van der Waals surface area contributed by atoms with Crippen LogP contribution in [0.2, 0.25) is 0 Å². The van der Waals surface area contributed by atoms with Gasteiger partial charge in [-0.3, -0.25) is 19.2 Å². The molecular formula is C33H47N3O6. The summed E-state index contributed by atoms with van der Waals surface area (Å²) in [5.74, 6) is -3.41. The van der Waals surface area contributed by atoms with E-state index < -0.39 is 53.9 Å². The summed E-state index contributed by atoms with van der Waals surface area (Å²) in [4.78, 5) is 51.7. The molecule has 0 saturated carbocycles. The first-order valence-corrected chi connectivity index (χ1v) is 14.8. The molecule has 42 heavy (non-hydrogen) atoms. The minimum absolute atomic E-state index is 0.121. The van der Waals surface area contributed by atoms with Gasteiger partial charge in [0.25, 0.3) is 0 Å². The molecular weight excluding hydrogens is 534 g/mol. The van der Waals surface area contributed by atoms with Gasteiger partial charge in [0.05, 0.1) is 6.42 Å². The molecule has 2 amide bonds. The molecule has 0 spiro atoms. The van der Waals surface area contributed by atoms with E-state index in [1.165, 1.54) is 6.92 Å². The van der Waals surface area contributed by atoms with E-state index in [0.717, 1.165) is 30.4 Å². The van der Waals surface area contributed by atoms with Crippen LogP contribution in [0.25, 0.3) is 0 Å². The Bertz CT molecular complexity index is 1100. The molecule has 0 saturated heterocycles. The molecule has 2 aromatic rings. The molecule has 0 aliphatic carbocycles. The zero-order valence-corrected chi connectivity index (χ0v) is 25.4. The lowest BCUT2D eigenvalue weighted by Crippen LogP contribution is -2.54. The molecule has 9 nitrogen and oxygen atoms in total. The first-order chi connectivity index (χ1) is 19.9. The number of hydrogen-bond acceptors (Lipinski definition) is 6. The largest absolute Gasteiger partial charge is 0.480 e. The zero-order valence-electron chi connectivity index (χ0n) is 25.4. The van der Waals surface area contributed by atoms with Crippen molar-refractivity contribution in [2.75, 3.05) is 0 Å². The second-order valence-electron chi connectivity index (χ2n) is 11.4. The first-order valence-electron chi connectivity index (χ1n) is 14.8. The Morgan fingerprint density at radius 1 is 0.881 bits per heavy atom. The van der Waals surface area contributed by atoms with Crippen LogP contribution >= 0.6 is 0 Å². The molecule has 2 rings (SSSR count). The monoisotopic (exact) mass is 581 g/mol. The van der Waals surface area contributed by atoms with Crippen LogP contribution in [-0.2, 0) is 23.9 Å². The Hall–Kier alpha value is -3.72. The lowest BCUT2D eigenvalue weighted by atomic mass is 9.84. The van der Waals surface area contributed by atoms with E-state index in [9.17, 15) is 24.3 Å². The maximum absolute atomic E-state index is 13.6. The minimum atomic E-state index is -1.20. The van der Waals surface area contributed by atoms with Crippen LogP contribution in [0.5, 0.6) is 0 Å². The number of esters is 1. The molecule has 0 unspecified atom stereocenters. The predicted octanol–water partition coefficient (Wildman–Crippen LogP) is 4.39. The van der Waals surface area contributed by atoms with Crippen molar-refractivity contribution in [1.82, 2.24) is 10.6 Å². The van der Waals surface area contributed by atoms with Crippen LogP contribution in [0.15, 0.2) is 60.7 Å². The van der Waals surface area contributed by atoms with Gasteiger partial charge in [-0.25, -0.2) is 0 Å². The van der Waals surface area contributed by atoms with Crippen molar-refractivity contribution in [2.45, 2.75) is 96.9 Å². The molecule has 0 radical (unpaired) electrons. The fourth-order valence-electron chi connectivity index (χ4n) is 4.89. The van der Waals surface area contributed by atoms with Gasteiger partial charge < -0.3 is 26.2 Å². The highest BCUT2D eigenvalue weighted by atomic mass is 16.5. The van der Waals surface area contributed by atoms with E-state index in [1.807, 2.05) is 81.4 Å². The molecule has 0 heterocycles. The summed E-state index contributed by atoms with van der Waals surface area (Å²) in [5.41, 5.74) is 7.62. The van der Waals surface area contributed by atoms with Gasteiger partial charge in [0, 0.05) is 5.92 Å². The standard InChI is InChI=1S/C33H47N3O6/c1-6-7-14-22(4)27(42-33(41)26(34)19-21(2)3)20-28(37)36-30(31(38)35-23(5)32(39)40)29(24-15-10-8-11-16-24)25-17-12-9-13-18-25/h8-13,15-18,21-23,26-27,29-30H,6-7,14,19-20,34H2,1-5H3,(H,35,38)(H,36,37)(H,39,40)/t22-,23+,26+,27-,30-/m0/s1. The number of carbonyl (C=O) groups excluding carboxylic acids is 3. The zero-order chi connectivity index (χ0) is 31.2. The fourth-order valence-corrected chi connectivity index (χ4v) is 4.89. The lowest BCUT2D eigenvalue weighted by Gasteiger charge is -2.30. The first kappa shape index (κ1) is 34.5. The molecule has 9 heteroatoms. The topological polar surface area (TPSA) is 148 Å². The molecule has 0 bridgehead atoms. The number of ether oxygens (including phenoxy) is 1. The smallest absolute Gasteiger partial charge is 0.325 e. The summed E-state index contributed by atoms with van der Waals surface area (Å²) in [7, 11) is 0.